The van der Waals surface area contributed by atoms with Crippen LogP contribution in [0.2, 0.25) is 5.02 Å². The maximum Gasteiger partial charge on any atom is 0.188 e. The van der Waals surface area contributed by atoms with Crippen molar-refractivity contribution in [2.45, 2.75) is 13.8 Å². The van der Waals surface area contributed by atoms with Gasteiger partial charge in [-0.15, -0.1) is 0 Å². The van der Waals surface area contributed by atoms with Crippen LogP contribution in [-0.2, 0) is 4.74 Å². The van der Waals surface area contributed by atoms with Gasteiger partial charge in [-0.1, -0.05) is 37.6 Å². The zero-order chi connectivity index (χ0) is 11.3. The summed E-state index contributed by atoms with van der Waals surface area (Å²) >= 11 is 5.78. The molecule has 0 N–H and O–H groups in total. The van der Waals surface area contributed by atoms with Crippen LogP contribution in [0.3, 0.4) is 0 Å². The maximum atomic E-state index is 11.6. The fourth-order valence-corrected chi connectivity index (χ4v) is 1.32. The summed E-state index contributed by atoms with van der Waals surface area (Å²) in [5.74, 6) is 0.412. The van der Waals surface area contributed by atoms with Gasteiger partial charge in [0.1, 0.15) is 6.61 Å². The third kappa shape index (κ3) is 4.45. The Bertz CT molecular complexity index is 334. The molecule has 0 atom stereocenters. The lowest BCUT2D eigenvalue weighted by atomic mass is 10.1. The first kappa shape index (κ1) is 12.2. The quantitative estimate of drug-likeness (QED) is 0.721. The second-order valence-electron chi connectivity index (χ2n) is 3.84. The molecule has 0 radical (unpaired) electrons. The van der Waals surface area contributed by atoms with Crippen molar-refractivity contribution in [2.75, 3.05) is 13.2 Å². The molecule has 0 aliphatic carbocycles. The van der Waals surface area contributed by atoms with E-state index in [4.69, 9.17) is 16.3 Å². The van der Waals surface area contributed by atoms with Crippen LogP contribution >= 0.6 is 11.6 Å². The Morgan fingerprint density at radius 1 is 1.47 bits per heavy atom. The van der Waals surface area contributed by atoms with Crippen LogP contribution in [0.5, 0.6) is 0 Å². The standard InChI is InChI=1S/C12H15ClO2/c1-9(2)7-15-8-12(14)10-4-3-5-11(13)6-10/h3-6,9H,7-8H2,1-2H3. The minimum atomic E-state index is -0.0295. The Labute approximate surface area is 95.2 Å². The third-order valence-corrected chi connectivity index (χ3v) is 2.07. The number of ketones is 1. The van der Waals surface area contributed by atoms with Gasteiger partial charge in [-0.05, 0) is 18.1 Å². The predicted molar refractivity (Wildman–Crippen MR) is 61.4 cm³/mol. The number of carbonyl (C=O) groups excluding carboxylic acids is 1. The molecule has 0 spiro atoms. The fraction of sp³-hybridized carbons (Fsp3) is 0.417. The number of hydrogen-bond donors (Lipinski definition) is 0. The van der Waals surface area contributed by atoms with E-state index in [0.29, 0.717) is 23.1 Å². The first-order chi connectivity index (χ1) is 7.09. The van der Waals surface area contributed by atoms with Gasteiger partial charge in [0, 0.05) is 17.2 Å². The smallest absolute Gasteiger partial charge is 0.188 e. The Balaban J connectivity index is 2.47. The number of rotatable bonds is 5. The van der Waals surface area contributed by atoms with Crippen molar-refractivity contribution in [2.24, 2.45) is 5.92 Å². The monoisotopic (exact) mass is 226 g/mol. The summed E-state index contributed by atoms with van der Waals surface area (Å²) in [7, 11) is 0. The number of carbonyl (C=O) groups is 1. The van der Waals surface area contributed by atoms with Gasteiger partial charge >= 0.3 is 0 Å². The first-order valence-electron chi connectivity index (χ1n) is 4.96. The maximum absolute atomic E-state index is 11.6. The van der Waals surface area contributed by atoms with Crippen LogP contribution in [0.25, 0.3) is 0 Å². The second kappa shape index (κ2) is 5.89. The number of Topliss-reactive ketones (excluding diaryl/α,β-unsaturated/α-hetero) is 1. The Kier molecular flexibility index (Phi) is 4.79. The summed E-state index contributed by atoms with van der Waals surface area (Å²) in [4.78, 5) is 11.6. The van der Waals surface area contributed by atoms with E-state index in [9.17, 15) is 4.79 Å². The third-order valence-electron chi connectivity index (χ3n) is 1.83. The summed E-state index contributed by atoms with van der Waals surface area (Å²) in [5, 5.41) is 0.574. The van der Waals surface area contributed by atoms with Crippen LogP contribution in [0.1, 0.15) is 24.2 Å². The first-order valence-corrected chi connectivity index (χ1v) is 5.34. The molecule has 0 fully saturated rings. The van der Waals surface area contributed by atoms with E-state index >= 15 is 0 Å². The van der Waals surface area contributed by atoms with Gasteiger partial charge in [0.2, 0.25) is 0 Å². The van der Waals surface area contributed by atoms with Gasteiger partial charge in [-0.3, -0.25) is 4.79 Å². The number of ether oxygens (including phenoxy) is 1. The Hall–Kier alpha value is -0.860. The van der Waals surface area contributed by atoms with Gasteiger partial charge < -0.3 is 4.74 Å². The molecule has 0 unspecified atom stereocenters. The van der Waals surface area contributed by atoms with Crippen LogP contribution in [0, 0.1) is 5.92 Å². The second-order valence-corrected chi connectivity index (χ2v) is 4.28. The molecule has 82 valence electrons. The van der Waals surface area contributed by atoms with E-state index in [0.717, 1.165) is 0 Å². The van der Waals surface area contributed by atoms with E-state index in [2.05, 4.69) is 0 Å². The van der Waals surface area contributed by atoms with Crippen molar-refractivity contribution in [1.82, 2.24) is 0 Å². The summed E-state index contributed by atoms with van der Waals surface area (Å²) in [6.45, 7) is 4.82. The van der Waals surface area contributed by atoms with Crippen molar-refractivity contribution >= 4 is 17.4 Å². The molecule has 1 rings (SSSR count). The van der Waals surface area contributed by atoms with E-state index in [1.165, 1.54) is 0 Å². The van der Waals surface area contributed by atoms with Gasteiger partial charge in [0.25, 0.3) is 0 Å². The largest absolute Gasteiger partial charge is 0.373 e. The van der Waals surface area contributed by atoms with Crippen molar-refractivity contribution < 1.29 is 9.53 Å². The molecule has 2 nitrogen and oxygen atoms in total. The van der Waals surface area contributed by atoms with Crippen molar-refractivity contribution in [1.29, 1.82) is 0 Å². The van der Waals surface area contributed by atoms with Crippen LogP contribution in [0.15, 0.2) is 24.3 Å². The molecule has 0 heterocycles. The number of halogens is 1. The highest BCUT2D eigenvalue weighted by Crippen LogP contribution is 2.11. The highest BCUT2D eigenvalue weighted by molar-refractivity contribution is 6.31. The van der Waals surface area contributed by atoms with E-state index < -0.39 is 0 Å². The average molecular weight is 227 g/mol. The molecule has 0 aliphatic heterocycles. The van der Waals surface area contributed by atoms with E-state index in [1.807, 2.05) is 13.8 Å². The summed E-state index contributed by atoms with van der Waals surface area (Å²) in [6, 6.07) is 6.90. The van der Waals surface area contributed by atoms with Crippen molar-refractivity contribution in [3.63, 3.8) is 0 Å². The van der Waals surface area contributed by atoms with Gasteiger partial charge in [0.05, 0.1) is 0 Å². The minimum absolute atomic E-state index is 0.0295. The van der Waals surface area contributed by atoms with E-state index in [1.54, 1.807) is 24.3 Å². The molecular formula is C12H15ClO2. The van der Waals surface area contributed by atoms with Crippen molar-refractivity contribution in [3.8, 4) is 0 Å². The molecule has 0 bridgehead atoms. The summed E-state index contributed by atoms with van der Waals surface area (Å²) in [6.07, 6.45) is 0. The average Bonchev–Trinajstić information content (AvgIpc) is 2.17. The lowest BCUT2D eigenvalue weighted by Crippen LogP contribution is -2.12. The van der Waals surface area contributed by atoms with Crippen LogP contribution < -0.4 is 0 Å². The highest BCUT2D eigenvalue weighted by atomic mass is 35.5. The molecule has 0 aliphatic rings. The van der Waals surface area contributed by atoms with Crippen molar-refractivity contribution in [3.05, 3.63) is 34.9 Å². The molecule has 0 saturated carbocycles. The molecule has 1 aromatic carbocycles. The molecule has 0 saturated heterocycles. The van der Waals surface area contributed by atoms with Crippen LogP contribution in [0.4, 0.5) is 0 Å². The van der Waals surface area contributed by atoms with Gasteiger partial charge in [0.15, 0.2) is 5.78 Å². The van der Waals surface area contributed by atoms with E-state index in [-0.39, 0.29) is 12.4 Å². The van der Waals surface area contributed by atoms with Gasteiger partial charge in [-0.2, -0.15) is 0 Å². The normalized spacial score (nSPS) is 10.7. The Morgan fingerprint density at radius 3 is 2.80 bits per heavy atom. The molecule has 0 aromatic heterocycles. The predicted octanol–water partition coefficient (Wildman–Crippen LogP) is 3.20. The summed E-state index contributed by atoms with van der Waals surface area (Å²) in [5.41, 5.74) is 0.603. The molecule has 15 heavy (non-hydrogen) atoms. The highest BCUT2D eigenvalue weighted by Gasteiger charge is 2.06. The lowest BCUT2D eigenvalue weighted by molar-refractivity contribution is 0.0705. The lowest BCUT2D eigenvalue weighted by Gasteiger charge is -2.06. The van der Waals surface area contributed by atoms with Crippen LogP contribution in [-0.4, -0.2) is 19.0 Å². The zero-order valence-corrected chi connectivity index (χ0v) is 9.75. The zero-order valence-electron chi connectivity index (χ0n) is 9.00. The minimum Gasteiger partial charge on any atom is -0.373 e. The molecule has 1 aromatic rings. The SMILES string of the molecule is CC(C)COCC(=O)c1cccc(Cl)c1. The topological polar surface area (TPSA) is 26.3 Å². The fourth-order valence-electron chi connectivity index (χ4n) is 1.13. The van der Waals surface area contributed by atoms with Gasteiger partial charge in [-0.25, -0.2) is 0 Å². The molecular weight excluding hydrogens is 212 g/mol. The molecule has 0 amide bonds. The summed E-state index contributed by atoms with van der Waals surface area (Å²) < 4.78 is 5.26. The Morgan fingerprint density at radius 2 is 2.20 bits per heavy atom. The number of benzene rings is 1. The number of hydrogen-bond acceptors (Lipinski definition) is 2. The molecule has 3 heteroatoms.